The van der Waals surface area contributed by atoms with E-state index in [2.05, 4.69) is 11.6 Å². The summed E-state index contributed by atoms with van der Waals surface area (Å²) in [4.78, 5) is 48.9. The van der Waals surface area contributed by atoms with E-state index < -0.39 is 22.8 Å². The number of hydrogen-bond acceptors (Lipinski definition) is 8. The van der Waals surface area contributed by atoms with Crippen molar-refractivity contribution in [3.8, 4) is 5.75 Å². The number of carbonyl (C=O) groups is 3. The van der Waals surface area contributed by atoms with E-state index in [0.717, 1.165) is 16.1 Å². The van der Waals surface area contributed by atoms with Crippen molar-refractivity contribution in [3.63, 3.8) is 0 Å². The molecule has 0 bridgehead atoms. The fourth-order valence-electron chi connectivity index (χ4n) is 4.98. The standard InChI is InChI=1S/C29H27N3O5S2/c1-5-29(32(19(3)33)21-9-7-6-8-10-21)27(35)31-24(23(16-38-28(29)31)25-18(2)30-17-39-25)26(34)37-15-20-11-13-22(36-4)14-12-20/h5-14,17,28H,1,15-16H2,2-4H3/t28-,29?/m0/s1. The second-order valence-electron chi connectivity index (χ2n) is 9.08. The molecule has 1 unspecified atom stereocenters. The van der Waals surface area contributed by atoms with Crippen LogP contribution < -0.4 is 9.64 Å². The summed E-state index contributed by atoms with van der Waals surface area (Å²) in [6.07, 6.45) is 1.52. The van der Waals surface area contributed by atoms with Gasteiger partial charge in [0.2, 0.25) is 5.91 Å². The van der Waals surface area contributed by atoms with Gasteiger partial charge in [-0.2, -0.15) is 0 Å². The molecule has 2 atom stereocenters. The van der Waals surface area contributed by atoms with Gasteiger partial charge in [0.25, 0.3) is 5.91 Å². The van der Waals surface area contributed by atoms with Crippen molar-refractivity contribution in [2.75, 3.05) is 17.8 Å². The summed E-state index contributed by atoms with van der Waals surface area (Å²) in [5, 5.41) is -0.563. The zero-order valence-corrected chi connectivity index (χ0v) is 23.4. The van der Waals surface area contributed by atoms with E-state index >= 15 is 0 Å². The van der Waals surface area contributed by atoms with Crippen molar-refractivity contribution in [1.82, 2.24) is 9.88 Å². The van der Waals surface area contributed by atoms with Crippen LogP contribution in [0.1, 0.15) is 23.1 Å². The van der Waals surface area contributed by atoms with Gasteiger partial charge in [-0.3, -0.25) is 19.4 Å². The number of β-lactam (4-membered cyclic amide) rings is 1. The van der Waals surface area contributed by atoms with E-state index in [-0.39, 0.29) is 18.2 Å². The number of para-hydroxylation sites is 1. The summed E-state index contributed by atoms with van der Waals surface area (Å²) in [5.41, 5.74) is 3.36. The van der Waals surface area contributed by atoms with Crippen LogP contribution in [0.25, 0.3) is 5.57 Å². The van der Waals surface area contributed by atoms with E-state index in [1.807, 2.05) is 37.3 Å². The highest BCUT2D eigenvalue weighted by atomic mass is 32.2. The zero-order chi connectivity index (χ0) is 27.7. The normalized spacial score (nSPS) is 20.1. The topological polar surface area (TPSA) is 89.0 Å². The number of aryl methyl sites for hydroxylation is 1. The number of esters is 1. The smallest absolute Gasteiger partial charge is 0.355 e. The lowest BCUT2D eigenvalue weighted by molar-refractivity contribution is -0.155. The number of fused-ring (bicyclic) bond motifs is 1. The van der Waals surface area contributed by atoms with E-state index in [4.69, 9.17) is 9.47 Å². The molecule has 2 aliphatic rings. The Morgan fingerprint density at radius 2 is 1.92 bits per heavy atom. The minimum Gasteiger partial charge on any atom is -0.497 e. The molecule has 1 aromatic heterocycles. The van der Waals surface area contributed by atoms with Crippen LogP contribution in [0.5, 0.6) is 5.75 Å². The summed E-state index contributed by atoms with van der Waals surface area (Å²) >= 11 is 2.89. The van der Waals surface area contributed by atoms with Crippen LogP contribution in [0, 0.1) is 6.92 Å². The minimum atomic E-state index is -1.35. The number of anilines is 1. The van der Waals surface area contributed by atoms with Gasteiger partial charge in [-0.1, -0.05) is 36.4 Å². The summed E-state index contributed by atoms with van der Waals surface area (Å²) in [7, 11) is 1.58. The highest BCUT2D eigenvalue weighted by molar-refractivity contribution is 8.00. The molecule has 10 heteroatoms. The van der Waals surface area contributed by atoms with Gasteiger partial charge < -0.3 is 9.47 Å². The summed E-state index contributed by atoms with van der Waals surface area (Å²) in [6.45, 7) is 7.28. The summed E-state index contributed by atoms with van der Waals surface area (Å²) in [5.74, 6) is -0.195. The predicted molar refractivity (Wildman–Crippen MR) is 152 cm³/mol. The molecule has 3 heterocycles. The van der Waals surface area contributed by atoms with Crippen molar-refractivity contribution in [3.05, 3.63) is 94.6 Å². The molecule has 8 nitrogen and oxygen atoms in total. The Bertz CT molecular complexity index is 1470. The Kier molecular flexibility index (Phi) is 7.33. The lowest BCUT2D eigenvalue weighted by Gasteiger charge is -2.59. The molecule has 0 spiro atoms. The summed E-state index contributed by atoms with van der Waals surface area (Å²) < 4.78 is 10.9. The van der Waals surface area contributed by atoms with Crippen LogP contribution in [-0.2, 0) is 25.7 Å². The second kappa shape index (κ2) is 10.7. The van der Waals surface area contributed by atoms with Gasteiger partial charge in [0, 0.05) is 23.9 Å². The number of amides is 2. The van der Waals surface area contributed by atoms with E-state index in [0.29, 0.717) is 22.8 Å². The maximum atomic E-state index is 14.1. The Balaban J connectivity index is 1.53. The number of nitrogens with zero attached hydrogens (tertiary/aromatic N) is 3. The predicted octanol–water partition coefficient (Wildman–Crippen LogP) is 4.81. The molecule has 2 aliphatic heterocycles. The number of aromatic nitrogens is 1. The van der Waals surface area contributed by atoms with Gasteiger partial charge in [0.05, 0.1) is 23.2 Å². The zero-order valence-electron chi connectivity index (χ0n) is 21.7. The maximum Gasteiger partial charge on any atom is 0.355 e. The molecule has 1 fully saturated rings. The SMILES string of the molecule is C=CC1(N(C(C)=O)c2ccccc2)C(=O)N2C(C(=O)OCc3ccc(OC)cc3)=C(c3scnc3C)CS[C@H]21. The molecule has 3 aromatic rings. The largest absolute Gasteiger partial charge is 0.497 e. The van der Waals surface area contributed by atoms with Gasteiger partial charge in [-0.25, -0.2) is 9.78 Å². The highest BCUT2D eigenvalue weighted by Crippen LogP contribution is 2.53. The van der Waals surface area contributed by atoms with E-state index in [1.54, 1.807) is 36.9 Å². The monoisotopic (exact) mass is 561 g/mol. The number of rotatable bonds is 8. The average molecular weight is 562 g/mol. The summed E-state index contributed by atoms with van der Waals surface area (Å²) in [6, 6.07) is 16.2. The Labute approximate surface area is 234 Å². The van der Waals surface area contributed by atoms with Crippen LogP contribution in [0.2, 0.25) is 0 Å². The van der Waals surface area contributed by atoms with Crippen LogP contribution in [0.3, 0.4) is 0 Å². The van der Waals surface area contributed by atoms with Crippen molar-refractivity contribution < 1.29 is 23.9 Å². The number of ether oxygens (including phenoxy) is 2. The van der Waals surface area contributed by atoms with Crippen molar-refractivity contribution >= 4 is 52.1 Å². The van der Waals surface area contributed by atoms with Gasteiger partial charge in [0.1, 0.15) is 23.4 Å². The molecule has 2 amide bonds. The van der Waals surface area contributed by atoms with Crippen molar-refractivity contribution in [2.24, 2.45) is 0 Å². The molecule has 200 valence electrons. The first-order valence-electron chi connectivity index (χ1n) is 12.2. The van der Waals surface area contributed by atoms with Crippen molar-refractivity contribution in [2.45, 2.75) is 31.4 Å². The molecule has 2 aromatic carbocycles. The second-order valence-corrected chi connectivity index (χ2v) is 11.0. The lowest BCUT2D eigenvalue weighted by Crippen LogP contribution is -2.79. The molecule has 0 N–H and O–H groups in total. The van der Waals surface area contributed by atoms with Crippen LogP contribution >= 0.6 is 23.1 Å². The van der Waals surface area contributed by atoms with Gasteiger partial charge in [-0.05, 0) is 36.8 Å². The molecular weight excluding hydrogens is 534 g/mol. The maximum absolute atomic E-state index is 14.1. The number of thiazole rings is 1. The first-order chi connectivity index (χ1) is 18.8. The fourth-order valence-corrected chi connectivity index (χ4v) is 7.43. The average Bonchev–Trinajstić information content (AvgIpc) is 3.39. The van der Waals surface area contributed by atoms with Crippen LogP contribution in [-0.4, -0.2) is 51.4 Å². The first kappa shape index (κ1) is 26.7. The van der Waals surface area contributed by atoms with Gasteiger partial charge in [-0.15, -0.1) is 29.7 Å². The number of carbonyl (C=O) groups excluding carboxylic acids is 3. The van der Waals surface area contributed by atoms with E-state index in [9.17, 15) is 14.4 Å². The number of hydrogen-bond donors (Lipinski definition) is 0. The third kappa shape index (κ3) is 4.43. The quantitative estimate of drug-likeness (QED) is 0.222. The third-order valence-corrected chi connectivity index (χ3v) is 9.17. The van der Waals surface area contributed by atoms with Crippen LogP contribution in [0.15, 0.2) is 78.5 Å². The number of thioether (sulfide) groups is 1. The number of methoxy groups -OCH3 is 1. The molecule has 0 aliphatic carbocycles. The van der Waals surface area contributed by atoms with Gasteiger partial charge >= 0.3 is 5.97 Å². The lowest BCUT2D eigenvalue weighted by atomic mass is 9.83. The Hall–Kier alpha value is -3.89. The Morgan fingerprint density at radius 3 is 2.51 bits per heavy atom. The molecule has 1 saturated heterocycles. The first-order valence-corrected chi connectivity index (χ1v) is 14.1. The molecule has 5 rings (SSSR count). The fraction of sp³-hybridized carbons (Fsp3) is 0.241. The van der Waals surface area contributed by atoms with E-state index in [1.165, 1.54) is 45.9 Å². The Morgan fingerprint density at radius 1 is 1.21 bits per heavy atom. The molecule has 0 radical (unpaired) electrons. The molecule has 39 heavy (non-hydrogen) atoms. The minimum absolute atomic E-state index is 0.0251. The van der Waals surface area contributed by atoms with Crippen molar-refractivity contribution in [1.29, 1.82) is 0 Å². The van der Waals surface area contributed by atoms with Gasteiger partial charge in [0.15, 0.2) is 5.54 Å². The molecular formula is C29H27N3O5S2. The highest BCUT2D eigenvalue weighted by Gasteiger charge is 2.67. The third-order valence-electron chi connectivity index (χ3n) is 6.84. The van der Waals surface area contributed by atoms with Crippen LogP contribution in [0.4, 0.5) is 5.69 Å². The number of benzene rings is 2. The molecule has 0 saturated carbocycles.